The first kappa shape index (κ1) is 15.7. The zero-order valence-electron chi connectivity index (χ0n) is 11.8. The van der Waals surface area contributed by atoms with Crippen molar-refractivity contribution in [1.82, 2.24) is 0 Å². The monoisotopic (exact) mass is 266 g/mol. The Morgan fingerprint density at radius 3 is 2.47 bits per heavy atom. The van der Waals surface area contributed by atoms with Crippen LogP contribution in [0.25, 0.3) is 0 Å². The van der Waals surface area contributed by atoms with Gasteiger partial charge in [0.1, 0.15) is 11.9 Å². The van der Waals surface area contributed by atoms with Gasteiger partial charge in [0, 0.05) is 6.42 Å². The zero-order chi connectivity index (χ0) is 14.3. The van der Waals surface area contributed by atoms with Crippen molar-refractivity contribution in [3.8, 4) is 5.75 Å². The summed E-state index contributed by atoms with van der Waals surface area (Å²) in [5.41, 5.74) is 0.983. The second-order valence-corrected chi connectivity index (χ2v) is 4.53. The lowest BCUT2D eigenvalue weighted by molar-refractivity contribution is -0.132. The molecule has 1 aromatic carbocycles. The number of aliphatic hydroxyl groups is 1. The van der Waals surface area contributed by atoms with E-state index >= 15 is 0 Å². The molecular weight excluding hydrogens is 244 g/mol. The van der Waals surface area contributed by atoms with Gasteiger partial charge in [-0.1, -0.05) is 19.1 Å². The van der Waals surface area contributed by atoms with E-state index in [-0.39, 0.29) is 12.2 Å². The SMILES string of the molecule is CC[C@H](O)CC(=O)[C@@H](C)OCc1ccc(OC)cc1. The molecule has 0 radical (unpaired) electrons. The maximum atomic E-state index is 11.7. The fraction of sp³-hybridized carbons (Fsp3) is 0.533. The lowest BCUT2D eigenvalue weighted by Gasteiger charge is -2.14. The van der Waals surface area contributed by atoms with Crippen LogP contribution in [-0.4, -0.2) is 30.2 Å². The molecule has 4 heteroatoms. The number of benzene rings is 1. The van der Waals surface area contributed by atoms with Crippen molar-refractivity contribution >= 4 is 5.78 Å². The second-order valence-electron chi connectivity index (χ2n) is 4.53. The number of aliphatic hydroxyl groups excluding tert-OH is 1. The Morgan fingerprint density at radius 1 is 1.32 bits per heavy atom. The standard InChI is InChI=1S/C15H22O4/c1-4-13(16)9-15(17)11(2)19-10-12-5-7-14(18-3)8-6-12/h5-8,11,13,16H,4,9-10H2,1-3H3/t11-,13+/m1/s1. The first-order valence-corrected chi connectivity index (χ1v) is 6.52. The molecule has 0 saturated heterocycles. The molecule has 0 aliphatic heterocycles. The number of carbonyl (C=O) groups is 1. The van der Waals surface area contributed by atoms with Gasteiger partial charge in [-0.2, -0.15) is 0 Å². The molecule has 1 aromatic rings. The van der Waals surface area contributed by atoms with Crippen LogP contribution in [-0.2, 0) is 16.1 Å². The van der Waals surface area contributed by atoms with Gasteiger partial charge in [-0.25, -0.2) is 0 Å². The summed E-state index contributed by atoms with van der Waals surface area (Å²) in [7, 11) is 1.62. The Morgan fingerprint density at radius 2 is 1.95 bits per heavy atom. The number of ether oxygens (including phenoxy) is 2. The normalized spacial score (nSPS) is 13.9. The number of Topliss-reactive ketones (excluding diaryl/α,β-unsaturated/α-hetero) is 1. The number of rotatable bonds is 8. The summed E-state index contributed by atoms with van der Waals surface area (Å²) in [6.07, 6.45) is -0.333. The molecular formula is C15H22O4. The Bertz CT molecular complexity index is 386. The van der Waals surface area contributed by atoms with Gasteiger partial charge >= 0.3 is 0 Å². The molecule has 1 N–H and O–H groups in total. The number of hydrogen-bond acceptors (Lipinski definition) is 4. The molecule has 19 heavy (non-hydrogen) atoms. The Kier molecular flexibility index (Phi) is 6.53. The van der Waals surface area contributed by atoms with E-state index < -0.39 is 12.2 Å². The van der Waals surface area contributed by atoms with Crippen molar-refractivity contribution in [1.29, 1.82) is 0 Å². The summed E-state index contributed by atoms with van der Waals surface area (Å²) in [5, 5.41) is 9.43. The molecule has 0 amide bonds. The van der Waals surface area contributed by atoms with Gasteiger partial charge in [0.05, 0.1) is 19.8 Å². The molecule has 1 rings (SSSR count). The molecule has 0 unspecified atom stereocenters. The maximum Gasteiger partial charge on any atom is 0.163 e. The van der Waals surface area contributed by atoms with Crippen molar-refractivity contribution in [2.45, 2.75) is 45.5 Å². The molecule has 106 valence electrons. The van der Waals surface area contributed by atoms with Crippen LogP contribution in [0.1, 0.15) is 32.3 Å². The van der Waals surface area contributed by atoms with Gasteiger partial charge in [-0.05, 0) is 31.0 Å². The smallest absolute Gasteiger partial charge is 0.163 e. The lowest BCUT2D eigenvalue weighted by Crippen LogP contribution is -2.24. The van der Waals surface area contributed by atoms with E-state index in [2.05, 4.69) is 0 Å². The van der Waals surface area contributed by atoms with Crippen LogP contribution in [0, 0.1) is 0 Å². The highest BCUT2D eigenvalue weighted by molar-refractivity contribution is 5.83. The highest BCUT2D eigenvalue weighted by Crippen LogP contribution is 2.13. The topological polar surface area (TPSA) is 55.8 Å². The minimum Gasteiger partial charge on any atom is -0.497 e. The van der Waals surface area contributed by atoms with Crippen LogP contribution in [0.3, 0.4) is 0 Å². The van der Waals surface area contributed by atoms with E-state index in [1.54, 1.807) is 14.0 Å². The van der Waals surface area contributed by atoms with Gasteiger partial charge in [0.15, 0.2) is 5.78 Å². The third-order valence-corrected chi connectivity index (χ3v) is 3.02. The number of carbonyl (C=O) groups excluding carboxylic acids is 1. The summed E-state index contributed by atoms with van der Waals surface area (Å²) in [6, 6.07) is 7.51. The van der Waals surface area contributed by atoms with Gasteiger partial charge in [-0.3, -0.25) is 4.79 Å². The van der Waals surface area contributed by atoms with Crippen molar-refractivity contribution in [2.24, 2.45) is 0 Å². The fourth-order valence-electron chi connectivity index (χ4n) is 1.58. The number of hydrogen-bond donors (Lipinski definition) is 1. The lowest BCUT2D eigenvalue weighted by atomic mass is 10.1. The first-order valence-electron chi connectivity index (χ1n) is 6.52. The van der Waals surface area contributed by atoms with Crippen molar-refractivity contribution in [3.63, 3.8) is 0 Å². The van der Waals surface area contributed by atoms with Crippen LogP contribution in [0.4, 0.5) is 0 Å². The van der Waals surface area contributed by atoms with Crippen molar-refractivity contribution in [3.05, 3.63) is 29.8 Å². The summed E-state index contributed by atoms with van der Waals surface area (Å²) in [5.74, 6) is 0.724. The van der Waals surface area contributed by atoms with E-state index in [4.69, 9.17) is 9.47 Å². The van der Waals surface area contributed by atoms with Crippen molar-refractivity contribution in [2.75, 3.05) is 7.11 Å². The van der Waals surface area contributed by atoms with Crippen LogP contribution in [0.2, 0.25) is 0 Å². The van der Waals surface area contributed by atoms with Gasteiger partial charge in [0.2, 0.25) is 0 Å². The quantitative estimate of drug-likeness (QED) is 0.784. The molecule has 0 aromatic heterocycles. The van der Waals surface area contributed by atoms with Gasteiger partial charge in [0.25, 0.3) is 0 Å². The average molecular weight is 266 g/mol. The predicted molar refractivity (Wildman–Crippen MR) is 73.2 cm³/mol. The highest BCUT2D eigenvalue weighted by Gasteiger charge is 2.16. The van der Waals surface area contributed by atoms with E-state index in [9.17, 15) is 9.90 Å². The van der Waals surface area contributed by atoms with E-state index in [0.717, 1.165) is 11.3 Å². The molecule has 0 heterocycles. The molecule has 0 aliphatic carbocycles. The molecule has 0 aliphatic rings. The molecule has 2 atom stereocenters. The minimum atomic E-state index is -0.570. The maximum absolute atomic E-state index is 11.7. The van der Waals surface area contributed by atoms with Gasteiger partial charge < -0.3 is 14.6 Å². The van der Waals surface area contributed by atoms with Crippen molar-refractivity contribution < 1.29 is 19.4 Å². The summed E-state index contributed by atoms with van der Waals surface area (Å²) in [6.45, 7) is 3.94. The zero-order valence-corrected chi connectivity index (χ0v) is 11.8. The minimum absolute atomic E-state index is 0.0668. The molecule has 0 saturated carbocycles. The van der Waals surface area contributed by atoms with E-state index in [1.165, 1.54) is 0 Å². The van der Waals surface area contributed by atoms with Crippen LogP contribution < -0.4 is 4.74 Å². The van der Waals surface area contributed by atoms with Gasteiger partial charge in [-0.15, -0.1) is 0 Å². The summed E-state index contributed by atoms with van der Waals surface area (Å²) < 4.78 is 10.6. The average Bonchev–Trinajstić information content (AvgIpc) is 2.44. The van der Waals surface area contributed by atoms with Crippen LogP contribution in [0.15, 0.2) is 24.3 Å². The third-order valence-electron chi connectivity index (χ3n) is 3.02. The predicted octanol–water partition coefficient (Wildman–Crippen LogP) is 2.33. The first-order chi connectivity index (χ1) is 9.06. The molecule has 0 bridgehead atoms. The Balaban J connectivity index is 2.40. The highest BCUT2D eigenvalue weighted by atomic mass is 16.5. The molecule has 0 spiro atoms. The Hall–Kier alpha value is -1.39. The van der Waals surface area contributed by atoms with Crippen LogP contribution >= 0.6 is 0 Å². The van der Waals surface area contributed by atoms with E-state index in [1.807, 2.05) is 31.2 Å². The number of methoxy groups -OCH3 is 1. The van der Waals surface area contributed by atoms with E-state index in [0.29, 0.717) is 13.0 Å². The summed E-state index contributed by atoms with van der Waals surface area (Å²) >= 11 is 0. The largest absolute Gasteiger partial charge is 0.497 e. The molecule has 4 nitrogen and oxygen atoms in total. The molecule has 0 fully saturated rings. The summed E-state index contributed by atoms with van der Waals surface area (Å²) in [4.78, 5) is 11.7. The van der Waals surface area contributed by atoms with Crippen LogP contribution in [0.5, 0.6) is 5.75 Å². The third kappa shape index (κ3) is 5.41. The Labute approximate surface area is 114 Å². The second kappa shape index (κ2) is 7.92. The fourth-order valence-corrected chi connectivity index (χ4v) is 1.58. The number of ketones is 1.